The number of carboxylic acids is 1. The quantitative estimate of drug-likeness (QED) is 0.871. The van der Waals surface area contributed by atoms with Gasteiger partial charge in [-0.05, 0) is 12.8 Å². The maximum atomic E-state index is 10.5. The number of carbonyl (C=O) groups is 1. The highest BCUT2D eigenvalue weighted by Gasteiger charge is 2.34. The van der Waals surface area contributed by atoms with E-state index in [4.69, 9.17) is 9.52 Å². The molecule has 1 fully saturated rings. The SMILES string of the molecule is CC1(c2nnc(CCC(=O)O)o2)CCCCC1. The third kappa shape index (κ3) is 2.84. The van der Waals surface area contributed by atoms with Crippen LogP contribution in [0.3, 0.4) is 0 Å². The minimum Gasteiger partial charge on any atom is -0.481 e. The highest BCUT2D eigenvalue weighted by Crippen LogP contribution is 2.38. The molecule has 1 aromatic rings. The van der Waals surface area contributed by atoms with Gasteiger partial charge in [0.05, 0.1) is 6.42 Å². The first kappa shape index (κ1) is 12.1. The fourth-order valence-corrected chi connectivity index (χ4v) is 2.36. The van der Waals surface area contributed by atoms with E-state index in [2.05, 4.69) is 17.1 Å². The second-order valence-electron chi connectivity index (χ2n) is 5.02. The summed E-state index contributed by atoms with van der Waals surface area (Å²) in [6.07, 6.45) is 6.18. The normalized spacial score (nSPS) is 19.1. The van der Waals surface area contributed by atoms with Crippen molar-refractivity contribution in [3.8, 4) is 0 Å². The molecule has 0 aromatic carbocycles. The molecule has 0 aliphatic heterocycles. The average molecular weight is 238 g/mol. The molecule has 1 aliphatic rings. The summed E-state index contributed by atoms with van der Waals surface area (Å²) in [4.78, 5) is 10.5. The van der Waals surface area contributed by atoms with Crippen molar-refractivity contribution in [2.75, 3.05) is 0 Å². The molecule has 0 spiro atoms. The summed E-state index contributed by atoms with van der Waals surface area (Å²) in [6, 6.07) is 0. The van der Waals surface area contributed by atoms with Crippen molar-refractivity contribution in [3.05, 3.63) is 11.8 Å². The van der Waals surface area contributed by atoms with E-state index in [0.29, 0.717) is 18.2 Å². The molecule has 5 heteroatoms. The van der Waals surface area contributed by atoms with Gasteiger partial charge in [0.25, 0.3) is 0 Å². The lowest BCUT2D eigenvalue weighted by molar-refractivity contribution is -0.137. The Morgan fingerprint density at radius 2 is 2.06 bits per heavy atom. The fraction of sp³-hybridized carbons (Fsp3) is 0.750. The van der Waals surface area contributed by atoms with Gasteiger partial charge in [-0.15, -0.1) is 10.2 Å². The zero-order valence-corrected chi connectivity index (χ0v) is 10.1. The van der Waals surface area contributed by atoms with Crippen LogP contribution in [0.4, 0.5) is 0 Å². The molecule has 94 valence electrons. The molecule has 0 radical (unpaired) electrons. The smallest absolute Gasteiger partial charge is 0.303 e. The minimum atomic E-state index is -0.839. The number of rotatable bonds is 4. The van der Waals surface area contributed by atoms with Gasteiger partial charge in [-0.3, -0.25) is 4.79 Å². The van der Waals surface area contributed by atoms with Gasteiger partial charge in [0, 0.05) is 11.8 Å². The van der Waals surface area contributed by atoms with Crippen molar-refractivity contribution < 1.29 is 14.3 Å². The molecule has 1 N–H and O–H groups in total. The molecule has 17 heavy (non-hydrogen) atoms. The maximum Gasteiger partial charge on any atom is 0.303 e. The molecule has 0 unspecified atom stereocenters. The molecule has 0 saturated heterocycles. The van der Waals surface area contributed by atoms with E-state index < -0.39 is 5.97 Å². The molecule has 1 saturated carbocycles. The Kier molecular flexibility index (Phi) is 3.45. The van der Waals surface area contributed by atoms with Crippen LogP contribution in [0, 0.1) is 0 Å². The average Bonchev–Trinajstić information content (AvgIpc) is 2.76. The van der Waals surface area contributed by atoms with E-state index in [1.165, 1.54) is 19.3 Å². The van der Waals surface area contributed by atoms with E-state index in [-0.39, 0.29) is 11.8 Å². The van der Waals surface area contributed by atoms with Crippen molar-refractivity contribution in [1.82, 2.24) is 10.2 Å². The van der Waals surface area contributed by atoms with Crippen LogP contribution in [0.25, 0.3) is 0 Å². The Morgan fingerprint density at radius 1 is 1.35 bits per heavy atom. The third-order valence-corrected chi connectivity index (χ3v) is 3.49. The highest BCUT2D eigenvalue weighted by atomic mass is 16.4. The molecular weight excluding hydrogens is 220 g/mol. The summed E-state index contributed by atoms with van der Waals surface area (Å²) in [5.41, 5.74) is -0.00722. The third-order valence-electron chi connectivity index (χ3n) is 3.49. The van der Waals surface area contributed by atoms with E-state index >= 15 is 0 Å². The fourth-order valence-electron chi connectivity index (χ4n) is 2.36. The molecule has 1 heterocycles. The largest absolute Gasteiger partial charge is 0.481 e. The Bertz CT molecular complexity index is 394. The number of aryl methyl sites for hydroxylation is 1. The summed E-state index contributed by atoms with van der Waals surface area (Å²) in [5.74, 6) is 0.278. The van der Waals surface area contributed by atoms with Crippen molar-refractivity contribution in [1.29, 1.82) is 0 Å². The van der Waals surface area contributed by atoms with Gasteiger partial charge in [0.15, 0.2) is 0 Å². The molecule has 2 rings (SSSR count). The number of aromatic nitrogens is 2. The summed E-state index contributed by atoms with van der Waals surface area (Å²) < 4.78 is 5.59. The second-order valence-corrected chi connectivity index (χ2v) is 5.02. The Hall–Kier alpha value is -1.39. The summed E-state index contributed by atoms with van der Waals surface area (Å²) in [6.45, 7) is 2.15. The van der Waals surface area contributed by atoms with Gasteiger partial charge in [-0.1, -0.05) is 26.2 Å². The predicted octanol–water partition coefficient (Wildman–Crippen LogP) is 2.31. The first-order valence-electron chi connectivity index (χ1n) is 6.15. The standard InChI is InChI=1S/C12H18N2O3/c1-12(7-3-2-4-8-12)11-14-13-9(17-11)5-6-10(15)16/h2-8H2,1H3,(H,15,16). The Balaban J connectivity index is 2.03. The van der Waals surface area contributed by atoms with Gasteiger partial charge in [0.2, 0.25) is 11.8 Å². The highest BCUT2D eigenvalue weighted by molar-refractivity contribution is 5.66. The maximum absolute atomic E-state index is 10.5. The lowest BCUT2D eigenvalue weighted by Crippen LogP contribution is -2.25. The van der Waals surface area contributed by atoms with Crippen LogP contribution in [0.15, 0.2) is 4.42 Å². The van der Waals surface area contributed by atoms with Gasteiger partial charge < -0.3 is 9.52 Å². The van der Waals surface area contributed by atoms with E-state index in [1.54, 1.807) is 0 Å². The van der Waals surface area contributed by atoms with Crippen molar-refractivity contribution in [2.45, 2.75) is 57.3 Å². The summed E-state index contributed by atoms with van der Waals surface area (Å²) in [5, 5.41) is 16.6. The van der Waals surface area contributed by atoms with Crippen molar-refractivity contribution >= 4 is 5.97 Å². The van der Waals surface area contributed by atoms with Crippen molar-refractivity contribution in [2.24, 2.45) is 0 Å². The molecule has 0 bridgehead atoms. The van der Waals surface area contributed by atoms with Gasteiger partial charge >= 0.3 is 5.97 Å². The van der Waals surface area contributed by atoms with Crippen LogP contribution in [0.5, 0.6) is 0 Å². The molecule has 5 nitrogen and oxygen atoms in total. The monoisotopic (exact) mass is 238 g/mol. The minimum absolute atomic E-state index is 0.00722. The number of hydrogen-bond acceptors (Lipinski definition) is 4. The van der Waals surface area contributed by atoms with Crippen LogP contribution in [0.1, 0.15) is 57.2 Å². The van der Waals surface area contributed by atoms with Gasteiger partial charge in [-0.25, -0.2) is 0 Å². The first-order chi connectivity index (χ1) is 8.10. The van der Waals surface area contributed by atoms with Gasteiger partial charge in [0.1, 0.15) is 0 Å². The molecule has 1 aromatic heterocycles. The van der Waals surface area contributed by atoms with Crippen LogP contribution in [-0.4, -0.2) is 21.3 Å². The number of carboxylic acid groups (broad SMARTS) is 1. The van der Waals surface area contributed by atoms with Gasteiger partial charge in [-0.2, -0.15) is 0 Å². The summed E-state index contributed by atoms with van der Waals surface area (Å²) in [7, 11) is 0. The van der Waals surface area contributed by atoms with E-state index in [9.17, 15) is 4.79 Å². The molecule has 0 atom stereocenters. The number of hydrogen-bond donors (Lipinski definition) is 1. The van der Waals surface area contributed by atoms with Crippen LogP contribution < -0.4 is 0 Å². The Labute approximate surface area is 100 Å². The van der Waals surface area contributed by atoms with E-state index in [0.717, 1.165) is 12.8 Å². The molecule has 0 amide bonds. The van der Waals surface area contributed by atoms with Crippen LogP contribution in [-0.2, 0) is 16.6 Å². The predicted molar refractivity (Wildman–Crippen MR) is 60.7 cm³/mol. The van der Waals surface area contributed by atoms with E-state index in [1.807, 2.05) is 0 Å². The topological polar surface area (TPSA) is 76.2 Å². The zero-order valence-electron chi connectivity index (χ0n) is 10.1. The Morgan fingerprint density at radius 3 is 2.71 bits per heavy atom. The number of nitrogens with zero attached hydrogens (tertiary/aromatic N) is 2. The lowest BCUT2D eigenvalue weighted by atomic mass is 9.76. The molecular formula is C12H18N2O3. The molecule has 1 aliphatic carbocycles. The lowest BCUT2D eigenvalue weighted by Gasteiger charge is -2.29. The zero-order chi connectivity index (χ0) is 12.3. The second kappa shape index (κ2) is 4.85. The summed E-state index contributed by atoms with van der Waals surface area (Å²) >= 11 is 0. The number of aliphatic carboxylic acids is 1. The van der Waals surface area contributed by atoms with Crippen molar-refractivity contribution in [3.63, 3.8) is 0 Å². The first-order valence-corrected chi connectivity index (χ1v) is 6.15. The van der Waals surface area contributed by atoms with Crippen LogP contribution in [0.2, 0.25) is 0 Å². The van der Waals surface area contributed by atoms with Crippen LogP contribution >= 0.6 is 0 Å².